The van der Waals surface area contributed by atoms with E-state index in [-0.39, 0.29) is 23.6 Å². The molecule has 3 rings (SSSR count). The molecule has 2 amide bonds. The fraction of sp³-hybridized carbons (Fsp3) is 0.235. The van der Waals surface area contributed by atoms with Crippen LogP contribution in [0.15, 0.2) is 48.5 Å². The average Bonchev–Trinajstić information content (AvgIpc) is 2.97. The van der Waals surface area contributed by atoms with Crippen molar-refractivity contribution < 1.29 is 14.3 Å². The molecular formula is C17H17FN2O2. The molecule has 0 saturated carbocycles. The predicted octanol–water partition coefficient (Wildman–Crippen LogP) is 3.90. The molecule has 22 heavy (non-hydrogen) atoms. The standard InChI is InChI=1S/C17H17FN2O2/c18-13-3-1-4-14(11-13)19-17(22)20-10-2-5-16(20)12-6-8-15(21)9-7-12/h1,3-4,6-9,11,16,21H,2,5,10H2,(H,19,22). The first-order valence-electron chi connectivity index (χ1n) is 7.25. The van der Waals surface area contributed by atoms with Gasteiger partial charge >= 0.3 is 6.03 Å². The van der Waals surface area contributed by atoms with Gasteiger partial charge < -0.3 is 15.3 Å². The van der Waals surface area contributed by atoms with E-state index < -0.39 is 0 Å². The van der Waals surface area contributed by atoms with Crippen LogP contribution in [0.4, 0.5) is 14.9 Å². The van der Waals surface area contributed by atoms with Crippen molar-refractivity contribution in [2.24, 2.45) is 0 Å². The zero-order valence-corrected chi connectivity index (χ0v) is 12.0. The Labute approximate surface area is 128 Å². The molecule has 0 aromatic heterocycles. The molecular weight excluding hydrogens is 283 g/mol. The smallest absolute Gasteiger partial charge is 0.322 e. The van der Waals surface area contributed by atoms with Crippen LogP contribution in [-0.2, 0) is 0 Å². The molecule has 1 aliphatic heterocycles. The van der Waals surface area contributed by atoms with E-state index in [0.29, 0.717) is 12.2 Å². The minimum Gasteiger partial charge on any atom is -0.508 e. The quantitative estimate of drug-likeness (QED) is 0.883. The van der Waals surface area contributed by atoms with E-state index in [1.807, 2.05) is 12.1 Å². The van der Waals surface area contributed by atoms with E-state index in [4.69, 9.17) is 0 Å². The van der Waals surface area contributed by atoms with Crippen molar-refractivity contribution in [3.63, 3.8) is 0 Å². The zero-order chi connectivity index (χ0) is 15.5. The van der Waals surface area contributed by atoms with Crippen LogP contribution in [-0.4, -0.2) is 22.6 Å². The van der Waals surface area contributed by atoms with E-state index in [1.165, 1.54) is 12.1 Å². The van der Waals surface area contributed by atoms with Gasteiger partial charge in [-0.1, -0.05) is 18.2 Å². The summed E-state index contributed by atoms with van der Waals surface area (Å²) in [4.78, 5) is 14.2. The Balaban J connectivity index is 1.75. The summed E-state index contributed by atoms with van der Waals surface area (Å²) in [5.41, 5.74) is 1.44. The van der Waals surface area contributed by atoms with Gasteiger partial charge in [-0.3, -0.25) is 0 Å². The number of likely N-dealkylation sites (tertiary alicyclic amines) is 1. The maximum Gasteiger partial charge on any atom is 0.322 e. The molecule has 1 atom stereocenters. The first kappa shape index (κ1) is 14.4. The van der Waals surface area contributed by atoms with Crippen LogP contribution in [0, 0.1) is 5.82 Å². The number of aromatic hydroxyl groups is 1. The summed E-state index contributed by atoms with van der Waals surface area (Å²) in [7, 11) is 0. The minimum absolute atomic E-state index is 0.0193. The maximum absolute atomic E-state index is 13.2. The Morgan fingerprint density at radius 1 is 1.23 bits per heavy atom. The van der Waals surface area contributed by atoms with Crippen molar-refractivity contribution in [2.45, 2.75) is 18.9 Å². The first-order chi connectivity index (χ1) is 10.6. The Kier molecular flexibility index (Phi) is 3.96. The highest BCUT2D eigenvalue weighted by molar-refractivity contribution is 5.89. The highest BCUT2D eigenvalue weighted by atomic mass is 19.1. The van der Waals surface area contributed by atoms with Crippen LogP contribution in [0.1, 0.15) is 24.4 Å². The second-order valence-corrected chi connectivity index (χ2v) is 5.38. The number of urea groups is 1. The van der Waals surface area contributed by atoms with Gasteiger partial charge in [0.15, 0.2) is 0 Å². The molecule has 0 spiro atoms. The van der Waals surface area contributed by atoms with Crippen LogP contribution in [0.3, 0.4) is 0 Å². The monoisotopic (exact) mass is 300 g/mol. The van der Waals surface area contributed by atoms with Gasteiger partial charge in [0.2, 0.25) is 0 Å². The van der Waals surface area contributed by atoms with Crippen molar-refractivity contribution in [3.8, 4) is 5.75 Å². The predicted molar refractivity (Wildman–Crippen MR) is 82.2 cm³/mol. The Morgan fingerprint density at radius 2 is 2.00 bits per heavy atom. The van der Waals surface area contributed by atoms with E-state index >= 15 is 0 Å². The molecule has 1 fully saturated rings. The number of halogens is 1. The van der Waals surface area contributed by atoms with Crippen molar-refractivity contribution >= 4 is 11.7 Å². The highest BCUT2D eigenvalue weighted by Gasteiger charge is 2.29. The number of carbonyl (C=O) groups excluding carboxylic acids is 1. The molecule has 114 valence electrons. The van der Waals surface area contributed by atoms with Crippen molar-refractivity contribution in [2.75, 3.05) is 11.9 Å². The van der Waals surface area contributed by atoms with Crippen LogP contribution in [0.2, 0.25) is 0 Å². The lowest BCUT2D eigenvalue weighted by atomic mass is 10.0. The van der Waals surface area contributed by atoms with E-state index in [9.17, 15) is 14.3 Å². The lowest BCUT2D eigenvalue weighted by Gasteiger charge is -2.25. The van der Waals surface area contributed by atoms with E-state index in [2.05, 4.69) is 5.32 Å². The molecule has 0 radical (unpaired) electrons. The molecule has 2 aromatic rings. The molecule has 0 bridgehead atoms. The fourth-order valence-electron chi connectivity index (χ4n) is 2.81. The molecule has 1 saturated heterocycles. The minimum atomic E-state index is -0.380. The molecule has 0 aliphatic carbocycles. The maximum atomic E-state index is 13.2. The van der Waals surface area contributed by atoms with Crippen molar-refractivity contribution in [1.29, 1.82) is 0 Å². The Hall–Kier alpha value is -2.56. The summed E-state index contributed by atoms with van der Waals surface area (Å²) in [6, 6.07) is 12.5. The topological polar surface area (TPSA) is 52.6 Å². The number of nitrogens with zero attached hydrogens (tertiary/aromatic N) is 1. The SMILES string of the molecule is O=C(Nc1cccc(F)c1)N1CCCC1c1ccc(O)cc1. The molecule has 5 heteroatoms. The number of nitrogens with one attached hydrogen (secondary N) is 1. The summed E-state index contributed by atoms with van der Waals surface area (Å²) >= 11 is 0. The number of benzene rings is 2. The van der Waals surface area contributed by atoms with Gasteiger partial charge in [-0.05, 0) is 48.7 Å². The fourth-order valence-corrected chi connectivity index (χ4v) is 2.81. The molecule has 2 aromatic carbocycles. The molecule has 1 heterocycles. The number of phenols is 1. The van der Waals surface area contributed by atoms with Gasteiger partial charge in [0.25, 0.3) is 0 Å². The Morgan fingerprint density at radius 3 is 2.73 bits per heavy atom. The number of carbonyl (C=O) groups is 1. The third kappa shape index (κ3) is 3.03. The number of hydrogen-bond acceptors (Lipinski definition) is 2. The number of anilines is 1. The molecule has 1 unspecified atom stereocenters. The van der Waals surface area contributed by atoms with Crippen LogP contribution >= 0.6 is 0 Å². The third-order valence-electron chi connectivity index (χ3n) is 3.87. The normalized spacial score (nSPS) is 17.5. The summed E-state index contributed by atoms with van der Waals surface area (Å²) in [6.45, 7) is 0.659. The van der Waals surface area contributed by atoms with Gasteiger partial charge in [0.05, 0.1) is 6.04 Å². The molecule has 1 aliphatic rings. The summed E-state index contributed by atoms with van der Waals surface area (Å²) in [6.07, 6.45) is 1.80. The first-order valence-corrected chi connectivity index (χ1v) is 7.25. The third-order valence-corrected chi connectivity index (χ3v) is 3.87. The summed E-state index contributed by atoms with van der Waals surface area (Å²) < 4.78 is 13.2. The van der Waals surface area contributed by atoms with E-state index in [0.717, 1.165) is 18.4 Å². The van der Waals surface area contributed by atoms with Gasteiger partial charge in [-0.15, -0.1) is 0 Å². The highest BCUT2D eigenvalue weighted by Crippen LogP contribution is 2.33. The molecule has 4 nitrogen and oxygen atoms in total. The van der Waals surface area contributed by atoms with Gasteiger partial charge in [-0.25, -0.2) is 9.18 Å². The van der Waals surface area contributed by atoms with Gasteiger partial charge in [-0.2, -0.15) is 0 Å². The van der Waals surface area contributed by atoms with Gasteiger partial charge in [0.1, 0.15) is 11.6 Å². The number of hydrogen-bond donors (Lipinski definition) is 2. The van der Waals surface area contributed by atoms with E-state index in [1.54, 1.807) is 29.2 Å². The second-order valence-electron chi connectivity index (χ2n) is 5.38. The number of amides is 2. The van der Waals surface area contributed by atoms with Gasteiger partial charge in [0, 0.05) is 12.2 Å². The summed E-state index contributed by atoms with van der Waals surface area (Å²) in [5.74, 6) is -0.174. The number of phenolic OH excluding ortho intramolecular Hbond substituents is 1. The lowest BCUT2D eigenvalue weighted by Crippen LogP contribution is -2.34. The lowest BCUT2D eigenvalue weighted by molar-refractivity contribution is 0.207. The van der Waals surface area contributed by atoms with Crippen molar-refractivity contribution in [1.82, 2.24) is 4.90 Å². The second kappa shape index (κ2) is 6.05. The van der Waals surface area contributed by atoms with Crippen LogP contribution < -0.4 is 5.32 Å². The summed E-state index contributed by atoms with van der Waals surface area (Å²) in [5, 5.41) is 12.1. The Bertz CT molecular complexity index is 673. The van der Waals surface area contributed by atoms with Crippen LogP contribution in [0.25, 0.3) is 0 Å². The molecule has 2 N–H and O–H groups in total. The largest absolute Gasteiger partial charge is 0.508 e. The van der Waals surface area contributed by atoms with Crippen LogP contribution in [0.5, 0.6) is 5.75 Å². The van der Waals surface area contributed by atoms with Crippen molar-refractivity contribution in [3.05, 3.63) is 59.9 Å². The zero-order valence-electron chi connectivity index (χ0n) is 12.0. The number of rotatable bonds is 2. The average molecular weight is 300 g/mol.